The molecule has 0 aromatic rings. The molecule has 0 aromatic carbocycles. The molecular weight excluding hydrogens is 212 g/mol. The number of aliphatic hydroxyl groups is 1. The Morgan fingerprint density at radius 3 is 2.00 bits per heavy atom. The largest absolute Gasteiger partial charge is 0.390 e. The van der Waals surface area contributed by atoms with Gasteiger partial charge in [0.05, 0.1) is 11.7 Å². The molecule has 17 heavy (non-hydrogen) atoms. The van der Waals surface area contributed by atoms with Gasteiger partial charge in [0, 0.05) is 7.11 Å². The van der Waals surface area contributed by atoms with Gasteiger partial charge in [-0.15, -0.1) is 0 Å². The van der Waals surface area contributed by atoms with E-state index in [0.717, 1.165) is 12.8 Å². The first-order valence-electron chi connectivity index (χ1n) is 7.52. The summed E-state index contributed by atoms with van der Waals surface area (Å²) < 4.78 is 5.82. The zero-order chi connectivity index (χ0) is 12.1. The van der Waals surface area contributed by atoms with Crippen LogP contribution in [-0.4, -0.2) is 23.9 Å². The lowest BCUT2D eigenvalue weighted by molar-refractivity contribution is -0.136. The van der Waals surface area contributed by atoms with Gasteiger partial charge in [0.25, 0.3) is 0 Å². The number of hydrogen-bond donors (Lipinski definition) is 1. The van der Waals surface area contributed by atoms with Gasteiger partial charge < -0.3 is 9.84 Å². The lowest BCUT2D eigenvalue weighted by atomic mass is 9.75. The maximum atomic E-state index is 10.7. The normalized spacial score (nSPS) is 28.6. The Bertz CT molecular complexity index is 213. The first-order valence-corrected chi connectivity index (χ1v) is 7.52. The SMILES string of the molecule is COC1(C(O)C2CCCCC2)CCCCCC1. The maximum Gasteiger partial charge on any atom is 0.0939 e. The monoisotopic (exact) mass is 240 g/mol. The Labute approximate surface area is 106 Å². The molecule has 0 bridgehead atoms. The van der Waals surface area contributed by atoms with Gasteiger partial charge in [-0.1, -0.05) is 44.9 Å². The molecule has 0 spiro atoms. The van der Waals surface area contributed by atoms with Crippen LogP contribution in [0.5, 0.6) is 0 Å². The third-order valence-corrected chi connectivity index (χ3v) is 4.99. The first-order chi connectivity index (χ1) is 8.28. The summed E-state index contributed by atoms with van der Waals surface area (Å²) in [6.45, 7) is 0. The number of aliphatic hydroxyl groups excluding tert-OH is 1. The molecule has 1 atom stereocenters. The van der Waals surface area contributed by atoms with Crippen molar-refractivity contribution in [1.29, 1.82) is 0 Å². The Morgan fingerprint density at radius 2 is 1.47 bits per heavy atom. The minimum Gasteiger partial charge on any atom is -0.390 e. The molecular formula is C15H28O2. The second-order valence-corrected chi connectivity index (χ2v) is 6.03. The topological polar surface area (TPSA) is 29.5 Å². The summed E-state index contributed by atoms with van der Waals surface area (Å²) in [6.07, 6.45) is 13.3. The molecule has 0 heterocycles. The number of hydrogen-bond acceptors (Lipinski definition) is 2. The molecule has 2 nitrogen and oxygen atoms in total. The number of methoxy groups -OCH3 is 1. The van der Waals surface area contributed by atoms with Crippen LogP contribution in [0.4, 0.5) is 0 Å². The molecule has 0 amide bonds. The van der Waals surface area contributed by atoms with Crippen LogP contribution in [0.15, 0.2) is 0 Å². The minimum atomic E-state index is -0.231. The van der Waals surface area contributed by atoms with Crippen molar-refractivity contribution in [2.45, 2.75) is 82.3 Å². The van der Waals surface area contributed by atoms with E-state index in [1.54, 1.807) is 7.11 Å². The molecule has 0 radical (unpaired) electrons. The summed E-state index contributed by atoms with van der Waals surface area (Å²) in [5.41, 5.74) is -0.224. The van der Waals surface area contributed by atoms with Crippen LogP contribution in [-0.2, 0) is 4.74 Å². The third kappa shape index (κ3) is 3.03. The van der Waals surface area contributed by atoms with Crippen molar-refractivity contribution in [3.8, 4) is 0 Å². The molecule has 1 N–H and O–H groups in total. The van der Waals surface area contributed by atoms with E-state index in [1.807, 2.05) is 0 Å². The van der Waals surface area contributed by atoms with E-state index < -0.39 is 0 Å². The summed E-state index contributed by atoms with van der Waals surface area (Å²) in [6, 6.07) is 0. The highest BCUT2D eigenvalue weighted by Crippen LogP contribution is 2.39. The van der Waals surface area contributed by atoms with Gasteiger partial charge in [-0.2, -0.15) is 0 Å². The van der Waals surface area contributed by atoms with Crippen molar-refractivity contribution in [1.82, 2.24) is 0 Å². The summed E-state index contributed by atoms with van der Waals surface area (Å²) in [5, 5.41) is 10.7. The molecule has 2 heteroatoms. The molecule has 2 aliphatic rings. The van der Waals surface area contributed by atoms with E-state index in [-0.39, 0.29) is 11.7 Å². The fourth-order valence-corrected chi connectivity index (χ4v) is 3.83. The smallest absolute Gasteiger partial charge is 0.0939 e. The Hall–Kier alpha value is -0.0800. The van der Waals surface area contributed by atoms with Crippen molar-refractivity contribution in [2.24, 2.45) is 5.92 Å². The highest BCUT2D eigenvalue weighted by molar-refractivity contribution is 4.94. The molecule has 2 saturated carbocycles. The zero-order valence-corrected chi connectivity index (χ0v) is 11.3. The molecule has 0 aliphatic heterocycles. The van der Waals surface area contributed by atoms with E-state index in [1.165, 1.54) is 57.8 Å². The predicted molar refractivity (Wildman–Crippen MR) is 70.0 cm³/mol. The van der Waals surface area contributed by atoms with Crippen LogP contribution in [0.25, 0.3) is 0 Å². The Balaban J connectivity index is 2.03. The van der Waals surface area contributed by atoms with Crippen LogP contribution in [0.2, 0.25) is 0 Å². The standard InChI is InChI=1S/C15H28O2/c1-17-15(11-7-2-3-8-12-15)14(16)13-9-5-4-6-10-13/h13-14,16H,2-12H2,1H3. The molecule has 0 aromatic heterocycles. The number of rotatable bonds is 3. The molecule has 2 rings (SSSR count). The molecule has 2 fully saturated rings. The fourth-order valence-electron chi connectivity index (χ4n) is 3.83. The first kappa shape index (κ1) is 13.4. The Morgan fingerprint density at radius 1 is 0.941 bits per heavy atom. The predicted octanol–water partition coefficient (Wildman–Crippen LogP) is 3.67. The lowest BCUT2D eigenvalue weighted by Crippen LogP contribution is -2.48. The maximum absolute atomic E-state index is 10.7. The number of ether oxygens (including phenoxy) is 1. The van der Waals surface area contributed by atoms with E-state index in [2.05, 4.69) is 0 Å². The molecule has 1 unspecified atom stereocenters. The quantitative estimate of drug-likeness (QED) is 0.763. The van der Waals surface area contributed by atoms with Gasteiger partial charge in [-0.3, -0.25) is 0 Å². The lowest BCUT2D eigenvalue weighted by Gasteiger charge is -2.41. The van der Waals surface area contributed by atoms with Gasteiger partial charge in [0.15, 0.2) is 0 Å². The second-order valence-electron chi connectivity index (χ2n) is 6.03. The van der Waals surface area contributed by atoms with E-state index in [4.69, 9.17) is 4.74 Å². The molecule has 0 saturated heterocycles. The van der Waals surface area contributed by atoms with E-state index in [0.29, 0.717) is 5.92 Å². The summed E-state index contributed by atoms with van der Waals surface area (Å²) in [7, 11) is 1.80. The highest BCUT2D eigenvalue weighted by atomic mass is 16.5. The van der Waals surface area contributed by atoms with Crippen LogP contribution in [0.1, 0.15) is 70.6 Å². The van der Waals surface area contributed by atoms with Gasteiger partial charge in [-0.05, 0) is 31.6 Å². The molecule has 2 aliphatic carbocycles. The highest BCUT2D eigenvalue weighted by Gasteiger charge is 2.42. The third-order valence-electron chi connectivity index (χ3n) is 4.99. The van der Waals surface area contributed by atoms with Gasteiger partial charge in [0.2, 0.25) is 0 Å². The van der Waals surface area contributed by atoms with Gasteiger partial charge in [0.1, 0.15) is 0 Å². The summed E-state index contributed by atoms with van der Waals surface area (Å²) in [5.74, 6) is 0.488. The van der Waals surface area contributed by atoms with Crippen LogP contribution in [0.3, 0.4) is 0 Å². The van der Waals surface area contributed by atoms with E-state index in [9.17, 15) is 5.11 Å². The van der Waals surface area contributed by atoms with Crippen LogP contribution in [0, 0.1) is 5.92 Å². The summed E-state index contributed by atoms with van der Waals surface area (Å²) >= 11 is 0. The van der Waals surface area contributed by atoms with Crippen molar-refractivity contribution in [2.75, 3.05) is 7.11 Å². The average molecular weight is 240 g/mol. The van der Waals surface area contributed by atoms with Crippen LogP contribution < -0.4 is 0 Å². The second kappa shape index (κ2) is 6.19. The van der Waals surface area contributed by atoms with Crippen LogP contribution >= 0.6 is 0 Å². The average Bonchev–Trinajstić information content (AvgIpc) is 2.65. The van der Waals surface area contributed by atoms with Crippen molar-refractivity contribution < 1.29 is 9.84 Å². The van der Waals surface area contributed by atoms with Crippen molar-refractivity contribution in [3.63, 3.8) is 0 Å². The van der Waals surface area contributed by atoms with Gasteiger partial charge in [-0.25, -0.2) is 0 Å². The molecule has 100 valence electrons. The minimum absolute atomic E-state index is 0.224. The van der Waals surface area contributed by atoms with E-state index >= 15 is 0 Å². The Kier molecular flexibility index (Phi) is 4.87. The van der Waals surface area contributed by atoms with Crippen molar-refractivity contribution in [3.05, 3.63) is 0 Å². The summed E-state index contributed by atoms with van der Waals surface area (Å²) in [4.78, 5) is 0. The van der Waals surface area contributed by atoms with Crippen molar-refractivity contribution >= 4 is 0 Å². The fraction of sp³-hybridized carbons (Fsp3) is 1.00. The zero-order valence-electron chi connectivity index (χ0n) is 11.3. The van der Waals surface area contributed by atoms with Gasteiger partial charge >= 0.3 is 0 Å².